The summed E-state index contributed by atoms with van der Waals surface area (Å²) in [5.74, 6) is -1.65. The molecule has 1 amide bonds. The zero-order valence-electron chi connectivity index (χ0n) is 13.8. The molecule has 138 valence electrons. The Kier molecular flexibility index (Phi) is 6.11. The van der Waals surface area contributed by atoms with Gasteiger partial charge in [0, 0.05) is 12.1 Å². The average Bonchev–Trinajstić information content (AvgIpc) is 2.42. The Bertz CT molecular complexity index is 681. The summed E-state index contributed by atoms with van der Waals surface area (Å²) < 4.78 is 43.6. The van der Waals surface area contributed by atoms with Crippen LogP contribution in [0.25, 0.3) is 0 Å². The van der Waals surface area contributed by atoms with Gasteiger partial charge in [0.2, 0.25) is 0 Å². The summed E-state index contributed by atoms with van der Waals surface area (Å²) in [4.78, 5) is 32.8. The van der Waals surface area contributed by atoms with Gasteiger partial charge in [0.1, 0.15) is 0 Å². The first-order valence-corrected chi connectivity index (χ1v) is 7.11. The van der Waals surface area contributed by atoms with Crippen molar-refractivity contribution in [1.29, 1.82) is 0 Å². The van der Waals surface area contributed by atoms with Crippen molar-refractivity contribution in [1.82, 2.24) is 0 Å². The van der Waals surface area contributed by atoms with Gasteiger partial charge in [-0.3, -0.25) is 19.7 Å². The number of esters is 1. The highest BCUT2D eigenvalue weighted by Gasteiger charge is 2.35. The van der Waals surface area contributed by atoms with Crippen LogP contribution in [0, 0.1) is 15.5 Å². The molecule has 0 aromatic heterocycles. The van der Waals surface area contributed by atoms with Crippen LogP contribution in [-0.4, -0.2) is 23.4 Å². The zero-order valence-corrected chi connectivity index (χ0v) is 13.8. The minimum absolute atomic E-state index is 0.0333. The van der Waals surface area contributed by atoms with Crippen molar-refractivity contribution < 1.29 is 32.4 Å². The van der Waals surface area contributed by atoms with E-state index in [0.717, 1.165) is 12.1 Å². The van der Waals surface area contributed by atoms with Crippen LogP contribution < -0.4 is 5.32 Å². The molecule has 1 rings (SSSR count). The number of non-ortho nitro benzene ring substituents is 1. The summed E-state index contributed by atoms with van der Waals surface area (Å²) in [5, 5.41) is 12.5. The molecule has 0 saturated carbocycles. The highest BCUT2D eigenvalue weighted by molar-refractivity contribution is 5.93. The van der Waals surface area contributed by atoms with Gasteiger partial charge in [0.15, 0.2) is 6.61 Å². The Morgan fingerprint density at radius 3 is 2.32 bits per heavy atom. The number of hydrogen-bond donors (Lipinski definition) is 1. The molecule has 0 saturated heterocycles. The Balaban J connectivity index is 2.83. The molecule has 0 radical (unpaired) electrons. The van der Waals surface area contributed by atoms with Crippen LogP contribution in [0.4, 0.5) is 24.5 Å². The van der Waals surface area contributed by atoms with Gasteiger partial charge in [0.25, 0.3) is 11.6 Å². The number of carbonyl (C=O) groups excluding carboxylic acids is 2. The predicted octanol–water partition coefficient (Wildman–Crippen LogP) is 3.53. The van der Waals surface area contributed by atoms with Gasteiger partial charge in [-0.1, -0.05) is 20.8 Å². The molecule has 0 atom stereocenters. The number of alkyl halides is 3. The number of nitrogens with one attached hydrogen (secondary N) is 1. The highest BCUT2D eigenvalue weighted by atomic mass is 19.4. The van der Waals surface area contributed by atoms with E-state index in [1.165, 1.54) is 0 Å². The summed E-state index contributed by atoms with van der Waals surface area (Å²) in [6.07, 6.45) is -4.87. The number of carbonyl (C=O) groups is 2. The fourth-order valence-corrected chi connectivity index (χ4v) is 1.81. The van der Waals surface area contributed by atoms with Gasteiger partial charge in [-0.25, -0.2) is 0 Å². The second kappa shape index (κ2) is 7.49. The molecule has 1 aromatic rings. The molecule has 7 nitrogen and oxygen atoms in total. The van der Waals surface area contributed by atoms with E-state index in [1.54, 1.807) is 20.8 Å². The normalized spacial score (nSPS) is 11.8. The van der Waals surface area contributed by atoms with Crippen molar-refractivity contribution in [2.24, 2.45) is 5.41 Å². The number of amides is 1. The van der Waals surface area contributed by atoms with E-state index in [9.17, 15) is 32.9 Å². The fourth-order valence-electron chi connectivity index (χ4n) is 1.81. The van der Waals surface area contributed by atoms with E-state index >= 15 is 0 Å². The lowest BCUT2D eigenvalue weighted by Gasteiger charge is -2.17. The molecule has 0 spiro atoms. The molecule has 0 unspecified atom stereocenters. The monoisotopic (exact) mass is 362 g/mol. The maximum absolute atomic E-state index is 13.0. The molecule has 0 heterocycles. The zero-order chi connectivity index (χ0) is 19.4. The Labute approximate surface area is 141 Å². The van der Waals surface area contributed by atoms with Crippen LogP contribution in [-0.2, 0) is 20.5 Å². The smallest absolute Gasteiger partial charge is 0.418 e. The van der Waals surface area contributed by atoms with Crippen molar-refractivity contribution in [2.45, 2.75) is 33.4 Å². The molecule has 0 aliphatic carbocycles. The lowest BCUT2D eigenvalue weighted by Crippen LogP contribution is -2.24. The Morgan fingerprint density at radius 2 is 1.84 bits per heavy atom. The van der Waals surface area contributed by atoms with Crippen LogP contribution >= 0.6 is 0 Å². The fraction of sp³-hybridized carbons (Fsp3) is 0.467. The second-order valence-corrected chi connectivity index (χ2v) is 6.43. The SMILES string of the molecule is CC(C)(C)CC(=O)OCC(=O)Nc1ccc([N+](=O)[O-])cc1C(F)(F)F. The van der Waals surface area contributed by atoms with Crippen molar-refractivity contribution >= 4 is 23.3 Å². The average molecular weight is 362 g/mol. The molecular weight excluding hydrogens is 345 g/mol. The van der Waals surface area contributed by atoms with Crippen LogP contribution in [0.1, 0.15) is 32.8 Å². The number of rotatable bonds is 5. The molecule has 0 bridgehead atoms. The van der Waals surface area contributed by atoms with E-state index in [2.05, 4.69) is 0 Å². The molecule has 1 aromatic carbocycles. The number of halogens is 3. The van der Waals surface area contributed by atoms with Crippen molar-refractivity contribution in [3.63, 3.8) is 0 Å². The standard InChI is InChI=1S/C15H17F3N2O5/c1-14(2,3)7-13(22)25-8-12(21)19-11-5-4-9(20(23)24)6-10(11)15(16,17)18/h4-6H,7-8H2,1-3H3,(H,19,21). The molecule has 0 fully saturated rings. The maximum atomic E-state index is 13.0. The number of anilines is 1. The highest BCUT2D eigenvalue weighted by Crippen LogP contribution is 2.37. The van der Waals surface area contributed by atoms with Crippen LogP contribution in [0.15, 0.2) is 18.2 Å². The molecule has 1 N–H and O–H groups in total. The maximum Gasteiger partial charge on any atom is 0.418 e. The van der Waals surface area contributed by atoms with Gasteiger partial charge in [-0.2, -0.15) is 13.2 Å². The number of nitro benzene ring substituents is 1. The first-order valence-electron chi connectivity index (χ1n) is 7.11. The van der Waals surface area contributed by atoms with Crippen molar-refractivity contribution in [3.05, 3.63) is 33.9 Å². The summed E-state index contributed by atoms with van der Waals surface area (Å²) in [5.41, 5.74) is -3.15. The van der Waals surface area contributed by atoms with Gasteiger partial charge >= 0.3 is 12.1 Å². The number of benzene rings is 1. The molecule has 0 aliphatic rings. The first-order chi connectivity index (χ1) is 11.3. The quantitative estimate of drug-likeness (QED) is 0.491. The van der Waals surface area contributed by atoms with Gasteiger partial charge in [-0.05, 0) is 11.5 Å². The third kappa shape index (κ3) is 6.77. The summed E-state index contributed by atoms with van der Waals surface area (Å²) in [6, 6.07) is 1.92. The van der Waals surface area contributed by atoms with Gasteiger partial charge in [-0.15, -0.1) is 0 Å². The minimum atomic E-state index is -4.91. The Morgan fingerprint density at radius 1 is 1.24 bits per heavy atom. The van der Waals surface area contributed by atoms with E-state index in [0.29, 0.717) is 6.07 Å². The molecular formula is C15H17F3N2O5. The molecule has 10 heteroatoms. The van der Waals surface area contributed by atoms with Crippen molar-refractivity contribution in [3.8, 4) is 0 Å². The lowest BCUT2D eigenvalue weighted by molar-refractivity contribution is -0.385. The van der Waals surface area contributed by atoms with Gasteiger partial charge < -0.3 is 10.1 Å². The third-order valence-electron chi connectivity index (χ3n) is 2.83. The van der Waals surface area contributed by atoms with E-state index in [1.807, 2.05) is 5.32 Å². The topological polar surface area (TPSA) is 98.5 Å². The number of hydrogen-bond acceptors (Lipinski definition) is 5. The second-order valence-electron chi connectivity index (χ2n) is 6.43. The number of ether oxygens (including phenoxy) is 1. The number of nitro groups is 1. The van der Waals surface area contributed by atoms with Crippen LogP contribution in [0.3, 0.4) is 0 Å². The van der Waals surface area contributed by atoms with Crippen LogP contribution in [0.5, 0.6) is 0 Å². The van der Waals surface area contributed by atoms with E-state index in [4.69, 9.17) is 4.74 Å². The van der Waals surface area contributed by atoms with E-state index in [-0.39, 0.29) is 11.8 Å². The molecule has 0 aliphatic heterocycles. The first kappa shape index (κ1) is 20.4. The largest absolute Gasteiger partial charge is 0.456 e. The van der Waals surface area contributed by atoms with Crippen molar-refractivity contribution in [2.75, 3.05) is 11.9 Å². The summed E-state index contributed by atoms with van der Waals surface area (Å²) in [7, 11) is 0. The summed E-state index contributed by atoms with van der Waals surface area (Å²) >= 11 is 0. The number of nitrogens with zero attached hydrogens (tertiary/aromatic N) is 1. The lowest BCUT2D eigenvalue weighted by atomic mass is 9.92. The Hall–Kier alpha value is -2.65. The van der Waals surface area contributed by atoms with Gasteiger partial charge in [0.05, 0.1) is 22.6 Å². The third-order valence-corrected chi connectivity index (χ3v) is 2.83. The van der Waals surface area contributed by atoms with Crippen LogP contribution in [0.2, 0.25) is 0 Å². The van der Waals surface area contributed by atoms with E-state index < -0.39 is 46.5 Å². The molecule has 25 heavy (non-hydrogen) atoms. The minimum Gasteiger partial charge on any atom is -0.456 e. The predicted molar refractivity (Wildman–Crippen MR) is 81.8 cm³/mol. The summed E-state index contributed by atoms with van der Waals surface area (Å²) in [6.45, 7) is 4.58.